The number of likely N-dealkylation sites (N-methyl/N-ethyl adjacent to an activating group) is 1. The number of hydrogen-bond donors (Lipinski definition) is 1. The molecule has 1 aromatic carbocycles. The number of aromatic nitrogens is 3. The van der Waals surface area contributed by atoms with Gasteiger partial charge in [0, 0.05) is 13.1 Å². The summed E-state index contributed by atoms with van der Waals surface area (Å²) in [4.78, 5) is 26.2. The summed E-state index contributed by atoms with van der Waals surface area (Å²) < 4.78 is 6.63. The van der Waals surface area contributed by atoms with Crippen LogP contribution in [-0.4, -0.2) is 45.2 Å². The minimum Gasteiger partial charge on any atom is -0.360 e. The second-order valence-electron chi connectivity index (χ2n) is 6.37. The molecule has 2 heterocycles. The van der Waals surface area contributed by atoms with E-state index in [1.165, 1.54) is 11.1 Å². The molecule has 3 aromatic rings. The molecule has 0 spiro atoms. The lowest BCUT2D eigenvalue weighted by molar-refractivity contribution is -0.116. The largest absolute Gasteiger partial charge is 0.360 e. The lowest BCUT2D eigenvalue weighted by Gasteiger charge is -2.16. The van der Waals surface area contributed by atoms with Crippen molar-refractivity contribution in [1.82, 2.24) is 19.8 Å². The standard InChI is InChI=1S/C19H21N5O3/c1-12-7-5-6-8-16(12)24-14(3)15(10-20-24)19(26)23(4)11-18(25)21-17-9-13(2)27-22-17/h5-10H,11H2,1-4H3,(H,21,22,25). The smallest absolute Gasteiger partial charge is 0.257 e. The Kier molecular flexibility index (Phi) is 5.07. The fourth-order valence-electron chi connectivity index (χ4n) is 2.76. The van der Waals surface area contributed by atoms with Gasteiger partial charge in [0.05, 0.1) is 29.7 Å². The van der Waals surface area contributed by atoms with Crippen LogP contribution in [0.5, 0.6) is 0 Å². The molecule has 0 bridgehead atoms. The highest BCUT2D eigenvalue weighted by atomic mass is 16.5. The summed E-state index contributed by atoms with van der Waals surface area (Å²) in [7, 11) is 1.57. The third-order valence-corrected chi connectivity index (χ3v) is 4.21. The summed E-state index contributed by atoms with van der Waals surface area (Å²) in [6, 6.07) is 9.41. The van der Waals surface area contributed by atoms with E-state index in [9.17, 15) is 9.59 Å². The van der Waals surface area contributed by atoms with E-state index in [4.69, 9.17) is 4.52 Å². The topological polar surface area (TPSA) is 93.3 Å². The van der Waals surface area contributed by atoms with E-state index in [0.29, 0.717) is 22.8 Å². The molecular formula is C19H21N5O3. The summed E-state index contributed by atoms with van der Waals surface area (Å²) in [6.45, 7) is 5.44. The van der Waals surface area contributed by atoms with Gasteiger partial charge in [-0.1, -0.05) is 23.4 Å². The lowest BCUT2D eigenvalue weighted by atomic mass is 10.2. The van der Waals surface area contributed by atoms with Gasteiger partial charge in [-0.3, -0.25) is 9.59 Å². The fourth-order valence-corrected chi connectivity index (χ4v) is 2.76. The number of para-hydroxylation sites is 1. The van der Waals surface area contributed by atoms with Crippen LogP contribution in [0.15, 0.2) is 41.1 Å². The first kappa shape index (κ1) is 18.4. The Balaban J connectivity index is 1.72. The van der Waals surface area contributed by atoms with E-state index in [-0.39, 0.29) is 18.4 Å². The number of nitrogens with one attached hydrogen (secondary N) is 1. The average molecular weight is 367 g/mol. The van der Waals surface area contributed by atoms with Gasteiger partial charge in [0.25, 0.3) is 5.91 Å². The van der Waals surface area contributed by atoms with Crippen molar-refractivity contribution in [2.45, 2.75) is 20.8 Å². The van der Waals surface area contributed by atoms with Gasteiger partial charge in [0.1, 0.15) is 5.76 Å². The van der Waals surface area contributed by atoms with E-state index in [1.54, 1.807) is 24.7 Å². The summed E-state index contributed by atoms with van der Waals surface area (Å²) in [5.74, 6) is 0.276. The van der Waals surface area contributed by atoms with Crippen LogP contribution >= 0.6 is 0 Å². The molecule has 0 atom stereocenters. The molecule has 27 heavy (non-hydrogen) atoms. The second-order valence-corrected chi connectivity index (χ2v) is 6.37. The Morgan fingerprint density at radius 3 is 2.63 bits per heavy atom. The van der Waals surface area contributed by atoms with Crippen LogP contribution in [0.25, 0.3) is 5.69 Å². The van der Waals surface area contributed by atoms with E-state index in [2.05, 4.69) is 15.6 Å². The summed E-state index contributed by atoms with van der Waals surface area (Å²) in [5, 5.41) is 10.6. The third-order valence-electron chi connectivity index (χ3n) is 4.21. The van der Waals surface area contributed by atoms with Crippen molar-refractivity contribution in [2.24, 2.45) is 0 Å². The average Bonchev–Trinajstić information content (AvgIpc) is 3.20. The minimum atomic E-state index is -0.358. The van der Waals surface area contributed by atoms with Crippen molar-refractivity contribution in [2.75, 3.05) is 18.9 Å². The first-order valence-corrected chi connectivity index (χ1v) is 8.46. The Morgan fingerprint density at radius 2 is 1.96 bits per heavy atom. The van der Waals surface area contributed by atoms with Crippen LogP contribution < -0.4 is 5.32 Å². The van der Waals surface area contributed by atoms with Crippen molar-refractivity contribution in [3.63, 3.8) is 0 Å². The molecule has 2 aromatic heterocycles. The maximum atomic E-state index is 12.7. The van der Waals surface area contributed by atoms with E-state index >= 15 is 0 Å². The Morgan fingerprint density at radius 1 is 1.22 bits per heavy atom. The predicted molar refractivity (Wildman–Crippen MR) is 99.9 cm³/mol. The van der Waals surface area contributed by atoms with E-state index in [1.807, 2.05) is 38.1 Å². The minimum absolute atomic E-state index is 0.111. The summed E-state index contributed by atoms with van der Waals surface area (Å²) in [6.07, 6.45) is 1.53. The Labute approximate surface area is 156 Å². The SMILES string of the molecule is Cc1cc(NC(=O)CN(C)C(=O)c2cnn(-c3ccccc3C)c2C)no1. The van der Waals surface area contributed by atoms with Gasteiger partial charge in [0.2, 0.25) is 5.91 Å². The number of hydrogen-bond acceptors (Lipinski definition) is 5. The van der Waals surface area contributed by atoms with Crippen LogP contribution in [-0.2, 0) is 4.79 Å². The van der Waals surface area contributed by atoms with Crippen LogP contribution in [0.4, 0.5) is 5.82 Å². The molecule has 0 radical (unpaired) electrons. The summed E-state index contributed by atoms with van der Waals surface area (Å²) in [5.41, 5.74) is 3.13. The highest BCUT2D eigenvalue weighted by molar-refractivity contribution is 5.99. The van der Waals surface area contributed by atoms with Crippen molar-refractivity contribution >= 4 is 17.6 Å². The number of rotatable bonds is 5. The molecule has 2 amide bonds. The maximum Gasteiger partial charge on any atom is 0.257 e. The number of amides is 2. The van der Waals surface area contributed by atoms with Gasteiger partial charge in [-0.2, -0.15) is 5.10 Å². The molecule has 1 N–H and O–H groups in total. The van der Waals surface area contributed by atoms with Crippen LogP contribution in [0.1, 0.15) is 27.4 Å². The molecule has 0 aliphatic rings. The number of carbonyl (C=O) groups excluding carboxylic acids is 2. The number of anilines is 1. The highest BCUT2D eigenvalue weighted by Gasteiger charge is 2.21. The highest BCUT2D eigenvalue weighted by Crippen LogP contribution is 2.18. The normalized spacial score (nSPS) is 10.7. The molecule has 0 unspecified atom stereocenters. The number of nitrogens with zero attached hydrogens (tertiary/aromatic N) is 4. The van der Waals surface area contributed by atoms with Gasteiger partial charge < -0.3 is 14.7 Å². The van der Waals surface area contributed by atoms with Crippen molar-refractivity contribution in [1.29, 1.82) is 0 Å². The van der Waals surface area contributed by atoms with Crippen LogP contribution in [0.2, 0.25) is 0 Å². The number of aryl methyl sites for hydroxylation is 2. The Hall–Kier alpha value is -3.42. The van der Waals surface area contributed by atoms with Crippen molar-refractivity contribution < 1.29 is 14.1 Å². The predicted octanol–water partition coefficient (Wildman–Crippen LogP) is 2.50. The van der Waals surface area contributed by atoms with Gasteiger partial charge in [0.15, 0.2) is 5.82 Å². The number of benzene rings is 1. The van der Waals surface area contributed by atoms with Gasteiger partial charge in [-0.15, -0.1) is 0 Å². The van der Waals surface area contributed by atoms with Gasteiger partial charge in [-0.25, -0.2) is 4.68 Å². The zero-order chi connectivity index (χ0) is 19.6. The van der Waals surface area contributed by atoms with Gasteiger partial charge >= 0.3 is 0 Å². The molecule has 0 aliphatic carbocycles. The quantitative estimate of drug-likeness (QED) is 0.748. The maximum absolute atomic E-state index is 12.7. The first-order valence-electron chi connectivity index (χ1n) is 8.46. The molecular weight excluding hydrogens is 346 g/mol. The molecule has 0 saturated heterocycles. The second kappa shape index (κ2) is 7.45. The lowest BCUT2D eigenvalue weighted by Crippen LogP contribution is -2.35. The van der Waals surface area contributed by atoms with E-state index in [0.717, 1.165) is 11.3 Å². The fraction of sp³-hybridized carbons (Fsp3) is 0.263. The molecule has 3 rings (SSSR count). The summed E-state index contributed by atoms with van der Waals surface area (Å²) >= 11 is 0. The third kappa shape index (κ3) is 3.89. The van der Waals surface area contributed by atoms with Crippen LogP contribution in [0, 0.1) is 20.8 Å². The van der Waals surface area contributed by atoms with Gasteiger partial charge in [-0.05, 0) is 32.4 Å². The van der Waals surface area contributed by atoms with E-state index < -0.39 is 0 Å². The Bertz CT molecular complexity index is 989. The zero-order valence-corrected chi connectivity index (χ0v) is 15.7. The first-order chi connectivity index (χ1) is 12.9. The molecule has 140 valence electrons. The molecule has 0 aliphatic heterocycles. The number of carbonyl (C=O) groups is 2. The van der Waals surface area contributed by atoms with Crippen molar-refractivity contribution in [3.8, 4) is 5.69 Å². The zero-order valence-electron chi connectivity index (χ0n) is 15.7. The van der Waals surface area contributed by atoms with Crippen LogP contribution in [0.3, 0.4) is 0 Å². The molecule has 8 heteroatoms. The molecule has 8 nitrogen and oxygen atoms in total. The molecule has 0 saturated carbocycles. The molecule has 0 fully saturated rings. The monoisotopic (exact) mass is 367 g/mol. The van der Waals surface area contributed by atoms with Crippen molar-refractivity contribution in [3.05, 3.63) is 59.1 Å².